The molecule has 0 amide bonds. The standard InChI is InChI=1S/C31H62O3Si/c1-9-11-13-15-16-17-18-19-20-22-28(34-35(25(3)4,26(5)6)27(7)8)24-30-29(31(32)33-30)23-21-14-12-10-2/h25-30H,9-24H2,1-8H3/t28-,29+,30-/m0/s1. The van der Waals surface area contributed by atoms with Crippen molar-refractivity contribution >= 4 is 14.3 Å². The van der Waals surface area contributed by atoms with Crippen LogP contribution in [0.1, 0.15) is 158 Å². The predicted molar refractivity (Wildman–Crippen MR) is 155 cm³/mol. The zero-order chi connectivity index (χ0) is 26.3. The minimum Gasteiger partial charge on any atom is -0.461 e. The molecule has 4 heteroatoms. The van der Waals surface area contributed by atoms with E-state index in [4.69, 9.17) is 9.16 Å². The minimum atomic E-state index is -1.96. The molecule has 0 aliphatic carbocycles. The molecule has 1 saturated heterocycles. The van der Waals surface area contributed by atoms with Gasteiger partial charge in [0.25, 0.3) is 0 Å². The molecule has 1 fully saturated rings. The van der Waals surface area contributed by atoms with Gasteiger partial charge in [-0.2, -0.15) is 0 Å². The van der Waals surface area contributed by atoms with Gasteiger partial charge in [0.1, 0.15) is 6.10 Å². The quantitative estimate of drug-likeness (QED) is 0.0825. The molecule has 0 aromatic rings. The van der Waals surface area contributed by atoms with Crippen molar-refractivity contribution in [2.45, 2.75) is 187 Å². The molecule has 1 rings (SSSR count). The van der Waals surface area contributed by atoms with E-state index in [9.17, 15) is 4.79 Å². The first-order chi connectivity index (χ1) is 16.7. The molecular formula is C31H62O3Si. The fraction of sp³-hybridized carbons (Fsp3) is 0.968. The highest BCUT2D eigenvalue weighted by atomic mass is 28.4. The van der Waals surface area contributed by atoms with Crippen LogP contribution < -0.4 is 0 Å². The Labute approximate surface area is 221 Å². The molecule has 35 heavy (non-hydrogen) atoms. The van der Waals surface area contributed by atoms with Gasteiger partial charge in [0.2, 0.25) is 8.32 Å². The zero-order valence-electron chi connectivity index (χ0n) is 25.0. The number of carbonyl (C=O) groups is 1. The van der Waals surface area contributed by atoms with Crippen molar-refractivity contribution in [1.29, 1.82) is 0 Å². The second-order valence-corrected chi connectivity index (χ2v) is 17.7. The summed E-state index contributed by atoms with van der Waals surface area (Å²) in [4.78, 5) is 12.3. The average molecular weight is 511 g/mol. The highest BCUT2D eigenvalue weighted by molar-refractivity contribution is 6.77. The number of hydrogen-bond acceptors (Lipinski definition) is 3. The lowest BCUT2D eigenvalue weighted by molar-refractivity contribution is -0.188. The van der Waals surface area contributed by atoms with Crippen LogP contribution in [-0.2, 0) is 14.0 Å². The van der Waals surface area contributed by atoms with Gasteiger partial charge in [0, 0.05) is 12.5 Å². The third kappa shape index (κ3) is 10.9. The van der Waals surface area contributed by atoms with Crippen LogP contribution in [0.2, 0.25) is 16.6 Å². The highest BCUT2D eigenvalue weighted by Gasteiger charge is 2.48. The average Bonchev–Trinajstić information content (AvgIpc) is 2.79. The molecule has 0 aromatic carbocycles. The van der Waals surface area contributed by atoms with E-state index in [1.165, 1.54) is 77.0 Å². The molecular weight excluding hydrogens is 448 g/mol. The summed E-state index contributed by atoms with van der Waals surface area (Å²) in [5.74, 6) is 0.141. The largest absolute Gasteiger partial charge is 0.461 e. The molecule has 1 heterocycles. The van der Waals surface area contributed by atoms with Crippen LogP contribution in [0, 0.1) is 5.92 Å². The monoisotopic (exact) mass is 510 g/mol. The SMILES string of the molecule is CCCCCCCCCCC[C@@H](C[C@@H]1OC(=O)[C@@H]1CCCCCC)O[Si](C(C)C)(C(C)C)C(C)C. The Balaban J connectivity index is 2.72. The molecule has 0 unspecified atom stereocenters. The van der Waals surface area contributed by atoms with Crippen LogP contribution in [0.3, 0.4) is 0 Å². The summed E-state index contributed by atoms with van der Waals surface area (Å²) >= 11 is 0. The van der Waals surface area contributed by atoms with E-state index >= 15 is 0 Å². The Kier molecular flexibility index (Phi) is 16.8. The van der Waals surface area contributed by atoms with Gasteiger partial charge < -0.3 is 9.16 Å². The maximum Gasteiger partial charge on any atom is 0.313 e. The summed E-state index contributed by atoms with van der Waals surface area (Å²) in [5, 5.41) is 0. The van der Waals surface area contributed by atoms with E-state index in [1.807, 2.05) is 0 Å². The van der Waals surface area contributed by atoms with E-state index in [0.717, 1.165) is 25.7 Å². The van der Waals surface area contributed by atoms with Crippen molar-refractivity contribution in [2.75, 3.05) is 0 Å². The third-order valence-corrected chi connectivity index (χ3v) is 14.7. The van der Waals surface area contributed by atoms with Gasteiger partial charge in [-0.1, -0.05) is 139 Å². The summed E-state index contributed by atoms with van der Waals surface area (Å²) in [6.07, 6.45) is 20.4. The number of carbonyl (C=O) groups excluding carboxylic acids is 1. The van der Waals surface area contributed by atoms with Crippen LogP contribution in [0.4, 0.5) is 0 Å². The van der Waals surface area contributed by atoms with E-state index < -0.39 is 8.32 Å². The molecule has 1 aliphatic heterocycles. The summed E-state index contributed by atoms with van der Waals surface area (Å²) in [5.41, 5.74) is 1.76. The molecule has 208 valence electrons. The molecule has 0 N–H and O–H groups in total. The van der Waals surface area contributed by atoms with Gasteiger partial charge in [-0.3, -0.25) is 4.79 Å². The molecule has 0 bridgehead atoms. The second kappa shape index (κ2) is 18.0. The third-order valence-electron chi connectivity index (χ3n) is 8.59. The van der Waals surface area contributed by atoms with E-state index in [2.05, 4.69) is 55.4 Å². The lowest BCUT2D eigenvalue weighted by atomic mass is 9.86. The number of esters is 1. The second-order valence-electron chi connectivity index (χ2n) is 12.3. The Hall–Kier alpha value is -0.353. The van der Waals surface area contributed by atoms with E-state index in [1.54, 1.807) is 0 Å². The first-order valence-corrected chi connectivity index (χ1v) is 17.7. The number of ether oxygens (including phenoxy) is 1. The van der Waals surface area contributed by atoms with Crippen LogP contribution in [-0.4, -0.2) is 26.5 Å². The van der Waals surface area contributed by atoms with E-state index in [0.29, 0.717) is 16.6 Å². The fourth-order valence-electron chi connectivity index (χ4n) is 6.57. The smallest absolute Gasteiger partial charge is 0.313 e. The molecule has 0 spiro atoms. The Morgan fingerprint density at radius 2 is 1.17 bits per heavy atom. The number of cyclic esters (lactones) is 1. The summed E-state index contributed by atoms with van der Waals surface area (Å²) in [6, 6.07) is 0. The Bertz CT molecular complexity index is 524. The molecule has 0 radical (unpaired) electrons. The van der Waals surface area contributed by atoms with Crippen LogP contribution in [0.15, 0.2) is 0 Å². The first-order valence-electron chi connectivity index (χ1n) is 15.6. The highest BCUT2D eigenvalue weighted by Crippen LogP contribution is 2.44. The van der Waals surface area contributed by atoms with Gasteiger partial charge in [0.15, 0.2) is 0 Å². The van der Waals surface area contributed by atoms with Crippen molar-refractivity contribution in [3.05, 3.63) is 0 Å². The van der Waals surface area contributed by atoms with Gasteiger partial charge in [-0.05, 0) is 29.5 Å². The summed E-state index contributed by atoms with van der Waals surface area (Å²) in [7, 11) is -1.96. The van der Waals surface area contributed by atoms with Gasteiger partial charge in [-0.25, -0.2) is 0 Å². The van der Waals surface area contributed by atoms with Crippen LogP contribution >= 0.6 is 0 Å². The van der Waals surface area contributed by atoms with Crippen molar-refractivity contribution in [2.24, 2.45) is 5.92 Å². The fourth-order valence-corrected chi connectivity index (χ4v) is 12.2. The predicted octanol–water partition coefficient (Wildman–Crippen LogP) is 10.4. The van der Waals surface area contributed by atoms with Crippen molar-refractivity contribution in [3.8, 4) is 0 Å². The molecule has 1 aliphatic rings. The van der Waals surface area contributed by atoms with Gasteiger partial charge in [0.05, 0.1) is 5.92 Å². The molecule has 3 atom stereocenters. The number of rotatable bonds is 22. The molecule has 0 saturated carbocycles. The maximum atomic E-state index is 12.3. The molecule has 3 nitrogen and oxygen atoms in total. The maximum absolute atomic E-state index is 12.3. The summed E-state index contributed by atoms with van der Waals surface area (Å²) < 4.78 is 13.0. The van der Waals surface area contributed by atoms with E-state index in [-0.39, 0.29) is 24.1 Å². The Morgan fingerprint density at radius 3 is 1.63 bits per heavy atom. The normalized spacial score (nSPS) is 19.5. The van der Waals surface area contributed by atoms with Crippen molar-refractivity contribution in [3.63, 3.8) is 0 Å². The van der Waals surface area contributed by atoms with Gasteiger partial charge >= 0.3 is 5.97 Å². The lowest BCUT2D eigenvalue weighted by Crippen LogP contribution is -2.52. The lowest BCUT2D eigenvalue weighted by Gasteiger charge is -2.46. The topological polar surface area (TPSA) is 35.5 Å². The van der Waals surface area contributed by atoms with Crippen molar-refractivity contribution < 1.29 is 14.0 Å². The summed E-state index contributed by atoms with van der Waals surface area (Å²) in [6.45, 7) is 18.8. The first kappa shape index (κ1) is 32.7. The zero-order valence-corrected chi connectivity index (χ0v) is 26.0. The van der Waals surface area contributed by atoms with Crippen molar-refractivity contribution in [1.82, 2.24) is 0 Å². The van der Waals surface area contributed by atoms with Gasteiger partial charge in [-0.15, -0.1) is 0 Å². The Morgan fingerprint density at radius 1 is 0.714 bits per heavy atom. The van der Waals surface area contributed by atoms with Crippen LogP contribution in [0.5, 0.6) is 0 Å². The minimum absolute atomic E-state index is 0.0356. The number of hydrogen-bond donors (Lipinski definition) is 0. The number of unbranched alkanes of at least 4 members (excludes halogenated alkanes) is 11. The van der Waals surface area contributed by atoms with Crippen LogP contribution in [0.25, 0.3) is 0 Å². The molecule has 0 aromatic heterocycles.